The van der Waals surface area contributed by atoms with Gasteiger partial charge in [0.1, 0.15) is 0 Å². The van der Waals surface area contributed by atoms with Crippen LogP contribution in [0, 0.1) is 17.8 Å². The van der Waals surface area contributed by atoms with E-state index in [9.17, 15) is 0 Å². The number of hydrogen-bond acceptors (Lipinski definition) is 1. The molecule has 4 atom stereocenters. The minimum Gasteiger partial charge on any atom is -0.360 e. The zero-order valence-electron chi connectivity index (χ0n) is 12.0. The normalized spacial score (nSPS) is 28.4. The predicted octanol–water partition coefficient (Wildman–Crippen LogP) is 5.21. The Balaban J connectivity index is 1.56. The van der Waals surface area contributed by atoms with E-state index in [0.717, 1.165) is 27.9 Å². The van der Waals surface area contributed by atoms with Crippen LogP contribution in [0.2, 0.25) is 5.02 Å². The SMILES string of the molecule is CC(NC(=S)Nc1ccc(Br)cc1Cl)C1CC2CCC1C2. The van der Waals surface area contributed by atoms with E-state index in [2.05, 4.69) is 33.5 Å². The van der Waals surface area contributed by atoms with Crippen LogP contribution in [0.15, 0.2) is 22.7 Å². The van der Waals surface area contributed by atoms with Gasteiger partial charge in [0.05, 0.1) is 10.7 Å². The van der Waals surface area contributed by atoms with Gasteiger partial charge in [-0.2, -0.15) is 0 Å². The fraction of sp³-hybridized carbons (Fsp3) is 0.562. The van der Waals surface area contributed by atoms with Gasteiger partial charge in [-0.05, 0) is 74.4 Å². The van der Waals surface area contributed by atoms with Crippen molar-refractivity contribution < 1.29 is 0 Å². The average molecular weight is 388 g/mol. The molecule has 3 rings (SSSR count). The van der Waals surface area contributed by atoms with Gasteiger partial charge in [0.25, 0.3) is 0 Å². The fourth-order valence-electron chi connectivity index (χ4n) is 3.97. The molecule has 4 unspecified atom stereocenters. The largest absolute Gasteiger partial charge is 0.360 e. The van der Waals surface area contributed by atoms with Crippen molar-refractivity contribution >= 4 is 50.5 Å². The Morgan fingerprint density at radius 2 is 2.19 bits per heavy atom. The molecule has 2 saturated carbocycles. The zero-order chi connectivity index (χ0) is 15.0. The Hall–Kier alpha value is -0.320. The summed E-state index contributed by atoms with van der Waals surface area (Å²) in [6.07, 6.45) is 5.63. The molecule has 0 spiro atoms. The Labute approximate surface area is 145 Å². The molecule has 1 aromatic carbocycles. The van der Waals surface area contributed by atoms with E-state index in [1.54, 1.807) is 0 Å². The first-order valence-electron chi connectivity index (χ1n) is 7.55. The van der Waals surface area contributed by atoms with Crippen molar-refractivity contribution in [3.8, 4) is 0 Å². The second-order valence-corrected chi connectivity index (χ2v) is 8.08. The van der Waals surface area contributed by atoms with E-state index in [4.69, 9.17) is 23.8 Å². The molecule has 114 valence electrons. The summed E-state index contributed by atoms with van der Waals surface area (Å²) in [4.78, 5) is 0. The second kappa shape index (κ2) is 6.43. The molecular formula is C16H20BrClN2S. The monoisotopic (exact) mass is 386 g/mol. The zero-order valence-corrected chi connectivity index (χ0v) is 15.2. The van der Waals surface area contributed by atoms with Gasteiger partial charge < -0.3 is 10.6 Å². The molecule has 1 aromatic rings. The molecule has 0 heterocycles. The van der Waals surface area contributed by atoms with E-state index in [-0.39, 0.29) is 0 Å². The molecule has 0 radical (unpaired) electrons. The quantitative estimate of drug-likeness (QED) is 0.696. The van der Waals surface area contributed by atoms with Crippen LogP contribution in [0.4, 0.5) is 5.69 Å². The van der Waals surface area contributed by atoms with E-state index < -0.39 is 0 Å². The highest BCUT2D eigenvalue weighted by atomic mass is 79.9. The van der Waals surface area contributed by atoms with Crippen LogP contribution in [0.1, 0.15) is 32.6 Å². The van der Waals surface area contributed by atoms with Crippen molar-refractivity contribution in [2.75, 3.05) is 5.32 Å². The molecule has 0 aliphatic heterocycles. The van der Waals surface area contributed by atoms with E-state index in [1.165, 1.54) is 25.7 Å². The van der Waals surface area contributed by atoms with Gasteiger partial charge in [-0.1, -0.05) is 34.0 Å². The number of thiocarbonyl (C=S) groups is 1. The number of anilines is 1. The minimum absolute atomic E-state index is 0.425. The number of rotatable bonds is 3. The summed E-state index contributed by atoms with van der Waals surface area (Å²) in [7, 11) is 0. The highest BCUT2D eigenvalue weighted by molar-refractivity contribution is 9.10. The lowest BCUT2D eigenvalue weighted by atomic mass is 9.84. The topological polar surface area (TPSA) is 24.1 Å². The molecule has 2 nitrogen and oxygen atoms in total. The smallest absolute Gasteiger partial charge is 0.171 e. The first-order valence-corrected chi connectivity index (χ1v) is 9.13. The Kier molecular flexibility index (Phi) is 4.77. The molecule has 2 bridgehead atoms. The summed E-state index contributed by atoms with van der Waals surface area (Å²) in [6, 6.07) is 6.18. The maximum absolute atomic E-state index is 6.21. The maximum atomic E-state index is 6.21. The van der Waals surface area contributed by atoms with Gasteiger partial charge in [0.15, 0.2) is 5.11 Å². The lowest BCUT2D eigenvalue weighted by Crippen LogP contribution is -2.42. The Bertz CT molecular complexity index is 551. The van der Waals surface area contributed by atoms with Crippen molar-refractivity contribution in [3.05, 3.63) is 27.7 Å². The summed E-state index contributed by atoms with van der Waals surface area (Å²) in [5.74, 6) is 2.63. The molecular weight excluding hydrogens is 368 g/mol. The molecule has 2 aliphatic rings. The molecule has 2 fully saturated rings. The first-order chi connectivity index (χ1) is 10.0. The number of benzene rings is 1. The standard InChI is InChI=1S/C16H20BrClN2S/c1-9(13-7-10-2-3-11(13)6-10)19-16(21)20-15-5-4-12(17)8-14(15)18/h4-5,8-11,13H,2-3,6-7H2,1H3,(H2,19,20,21). The lowest BCUT2D eigenvalue weighted by molar-refractivity contribution is 0.279. The molecule has 5 heteroatoms. The van der Waals surface area contributed by atoms with Crippen molar-refractivity contribution in [1.82, 2.24) is 5.32 Å². The average Bonchev–Trinajstić information content (AvgIpc) is 3.04. The van der Waals surface area contributed by atoms with Crippen LogP contribution in [0.5, 0.6) is 0 Å². The highest BCUT2D eigenvalue weighted by Crippen LogP contribution is 2.49. The Morgan fingerprint density at radius 3 is 2.81 bits per heavy atom. The number of hydrogen-bond donors (Lipinski definition) is 2. The Morgan fingerprint density at radius 1 is 1.38 bits per heavy atom. The molecule has 0 amide bonds. The van der Waals surface area contributed by atoms with Gasteiger partial charge in [0, 0.05) is 10.5 Å². The van der Waals surface area contributed by atoms with Gasteiger partial charge in [-0.15, -0.1) is 0 Å². The minimum atomic E-state index is 0.425. The van der Waals surface area contributed by atoms with Crippen LogP contribution < -0.4 is 10.6 Å². The van der Waals surface area contributed by atoms with Gasteiger partial charge in [-0.3, -0.25) is 0 Å². The van der Waals surface area contributed by atoms with Crippen LogP contribution in [-0.2, 0) is 0 Å². The molecule has 2 N–H and O–H groups in total. The van der Waals surface area contributed by atoms with Gasteiger partial charge in [0.2, 0.25) is 0 Å². The van der Waals surface area contributed by atoms with Crippen LogP contribution >= 0.6 is 39.7 Å². The number of halogens is 2. The van der Waals surface area contributed by atoms with Crippen LogP contribution in [0.25, 0.3) is 0 Å². The van der Waals surface area contributed by atoms with Crippen molar-refractivity contribution in [2.45, 2.75) is 38.6 Å². The number of fused-ring (bicyclic) bond motifs is 2. The van der Waals surface area contributed by atoms with E-state index in [1.807, 2.05) is 18.2 Å². The summed E-state index contributed by atoms with van der Waals surface area (Å²) < 4.78 is 0.965. The molecule has 0 saturated heterocycles. The third kappa shape index (κ3) is 3.54. The maximum Gasteiger partial charge on any atom is 0.171 e. The second-order valence-electron chi connectivity index (χ2n) is 6.35. The highest BCUT2D eigenvalue weighted by Gasteiger charge is 2.41. The van der Waals surface area contributed by atoms with E-state index >= 15 is 0 Å². The first kappa shape index (κ1) is 15.6. The summed E-state index contributed by atoms with van der Waals surface area (Å²) in [5.41, 5.74) is 0.845. The summed E-state index contributed by atoms with van der Waals surface area (Å²) in [5, 5.41) is 7.98. The third-order valence-electron chi connectivity index (χ3n) is 4.97. The summed E-state index contributed by atoms with van der Waals surface area (Å²) in [6.45, 7) is 2.25. The lowest BCUT2D eigenvalue weighted by Gasteiger charge is -2.29. The molecule has 0 aromatic heterocycles. The summed E-state index contributed by atoms with van der Waals surface area (Å²) >= 11 is 15.0. The van der Waals surface area contributed by atoms with Crippen molar-refractivity contribution in [2.24, 2.45) is 17.8 Å². The van der Waals surface area contributed by atoms with Gasteiger partial charge >= 0.3 is 0 Å². The number of nitrogens with one attached hydrogen (secondary N) is 2. The van der Waals surface area contributed by atoms with Gasteiger partial charge in [-0.25, -0.2) is 0 Å². The van der Waals surface area contributed by atoms with Crippen molar-refractivity contribution in [3.63, 3.8) is 0 Å². The van der Waals surface area contributed by atoms with Crippen LogP contribution in [0.3, 0.4) is 0 Å². The van der Waals surface area contributed by atoms with E-state index in [0.29, 0.717) is 16.2 Å². The fourth-order valence-corrected chi connectivity index (χ4v) is 4.99. The molecule has 2 aliphatic carbocycles. The third-order valence-corrected chi connectivity index (χ3v) is 6.00. The predicted molar refractivity (Wildman–Crippen MR) is 96.9 cm³/mol. The van der Waals surface area contributed by atoms with Crippen molar-refractivity contribution in [1.29, 1.82) is 0 Å². The van der Waals surface area contributed by atoms with Crippen LogP contribution in [-0.4, -0.2) is 11.2 Å². The molecule has 21 heavy (non-hydrogen) atoms.